The topological polar surface area (TPSA) is 114 Å². The molecule has 0 radical (unpaired) electrons. The number of carbonyl (C=O) groups is 1. The zero-order chi connectivity index (χ0) is 23.2. The monoisotopic (exact) mass is 471 g/mol. The van der Waals surface area contributed by atoms with Crippen molar-refractivity contribution >= 4 is 17.8 Å². The van der Waals surface area contributed by atoms with Gasteiger partial charge >= 0.3 is 5.97 Å². The van der Waals surface area contributed by atoms with Crippen LogP contribution in [-0.2, 0) is 20.9 Å². The highest BCUT2D eigenvalue weighted by Crippen LogP contribution is 2.33. The fraction of sp³-hybridized carbons (Fsp3) is 0.520. The number of nitrogens with zero attached hydrogens (tertiary/aromatic N) is 3. The number of esters is 1. The lowest BCUT2D eigenvalue weighted by Crippen LogP contribution is -2.38. The van der Waals surface area contributed by atoms with Crippen LogP contribution >= 0.6 is 0 Å². The molecule has 0 unspecified atom stereocenters. The number of benzene rings is 1. The molecule has 4 rings (SSSR count). The predicted octanol–water partition coefficient (Wildman–Crippen LogP) is 3.93. The smallest absolute Gasteiger partial charge is 0.313 e. The lowest BCUT2D eigenvalue weighted by molar-refractivity contribution is -0.143. The summed E-state index contributed by atoms with van der Waals surface area (Å²) >= 11 is 0. The average Bonchev–Trinajstić information content (AvgIpc) is 2.84. The first-order chi connectivity index (χ1) is 16.0. The zero-order valence-electron chi connectivity index (χ0n) is 18.6. The molecule has 3 heterocycles. The highest BCUT2D eigenvalue weighted by Gasteiger charge is 2.28. The average molecular weight is 472 g/mol. The highest BCUT2D eigenvalue weighted by molar-refractivity contribution is 5.94. The molecule has 0 aliphatic carbocycles. The number of nitrogens with one attached hydrogen (secondary N) is 1. The summed E-state index contributed by atoms with van der Waals surface area (Å²) in [6, 6.07) is 4.90. The Hall–Kier alpha value is -3.07. The van der Waals surface area contributed by atoms with E-state index in [1.54, 1.807) is 30.6 Å². The van der Waals surface area contributed by atoms with Gasteiger partial charge in [0.15, 0.2) is 0 Å². The molecular weight excluding hydrogens is 437 g/mol. The fourth-order valence-corrected chi connectivity index (χ4v) is 4.66. The zero-order valence-corrected chi connectivity index (χ0v) is 18.6. The van der Waals surface area contributed by atoms with E-state index in [1.165, 1.54) is 0 Å². The molecular formula is C25H34FN5O3. The summed E-state index contributed by atoms with van der Waals surface area (Å²) in [5.41, 5.74) is 6.33. The number of ether oxygens (including phenoxy) is 2. The molecule has 2 aromatic rings. The maximum absolute atomic E-state index is 15.0. The van der Waals surface area contributed by atoms with Crippen LogP contribution in [0.1, 0.15) is 45.1 Å². The summed E-state index contributed by atoms with van der Waals surface area (Å²) in [6.45, 7) is 3.39. The first-order valence-electron chi connectivity index (χ1n) is 11.4. The first kappa shape index (κ1) is 25.6. The van der Waals surface area contributed by atoms with E-state index in [0.29, 0.717) is 17.1 Å². The maximum atomic E-state index is 15.0. The summed E-state index contributed by atoms with van der Waals surface area (Å²) in [5, 5.41) is 7.13. The molecule has 2 fully saturated rings. The second-order valence-electron chi connectivity index (χ2n) is 8.69. The summed E-state index contributed by atoms with van der Waals surface area (Å²) in [7, 11) is 0. The number of aromatic nitrogens is 2. The molecule has 2 aliphatic rings. The van der Waals surface area contributed by atoms with Crippen LogP contribution in [0.2, 0.25) is 0 Å². The molecule has 2 aliphatic heterocycles. The van der Waals surface area contributed by atoms with Crippen molar-refractivity contribution in [3.8, 4) is 11.1 Å². The van der Waals surface area contributed by atoms with Crippen molar-refractivity contribution in [3.63, 3.8) is 0 Å². The van der Waals surface area contributed by atoms with Gasteiger partial charge in [-0.25, -0.2) is 14.4 Å². The molecule has 0 atom stereocenters. The Morgan fingerprint density at radius 3 is 2.44 bits per heavy atom. The minimum atomic E-state index is -0.666. The molecule has 8 nitrogen and oxygen atoms in total. The van der Waals surface area contributed by atoms with E-state index in [-0.39, 0.29) is 31.9 Å². The van der Waals surface area contributed by atoms with Gasteiger partial charge < -0.3 is 20.1 Å². The Kier molecular flexibility index (Phi) is 8.92. The van der Waals surface area contributed by atoms with E-state index in [9.17, 15) is 4.79 Å². The van der Waals surface area contributed by atoms with E-state index in [4.69, 9.17) is 20.6 Å². The Morgan fingerprint density at radius 2 is 1.79 bits per heavy atom. The molecule has 2 saturated heterocycles. The number of nitrogens with two attached hydrogens (primary N) is 1. The minimum absolute atomic E-state index is 0. The summed E-state index contributed by atoms with van der Waals surface area (Å²) in [6.07, 6.45) is 7.55. The van der Waals surface area contributed by atoms with E-state index in [1.807, 2.05) is 0 Å². The van der Waals surface area contributed by atoms with Crippen molar-refractivity contribution in [2.45, 2.75) is 46.1 Å². The second-order valence-corrected chi connectivity index (χ2v) is 8.69. The summed E-state index contributed by atoms with van der Waals surface area (Å²) in [4.78, 5) is 22.8. The van der Waals surface area contributed by atoms with Gasteiger partial charge in [-0.2, -0.15) is 0 Å². The normalized spacial score (nSPS) is 17.1. The molecule has 184 valence electrons. The SMILES string of the molecule is C.N=C(N)CC(=O)OCc1cccc(-c2cnc(N3CCC(C4CCOCC4)CC3)nc2)c1F. The van der Waals surface area contributed by atoms with Gasteiger partial charge in [0.05, 0.1) is 0 Å². The van der Waals surface area contributed by atoms with Gasteiger partial charge in [0.2, 0.25) is 5.95 Å². The van der Waals surface area contributed by atoms with Crippen LogP contribution < -0.4 is 10.6 Å². The number of carbonyl (C=O) groups excluding carboxylic acids is 1. The number of hydrogen-bond donors (Lipinski definition) is 2. The van der Waals surface area contributed by atoms with Gasteiger partial charge in [0.25, 0.3) is 0 Å². The van der Waals surface area contributed by atoms with Crippen LogP contribution in [0.4, 0.5) is 10.3 Å². The maximum Gasteiger partial charge on any atom is 0.313 e. The molecule has 9 heteroatoms. The lowest BCUT2D eigenvalue weighted by atomic mass is 9.80. The first-order valence-corrected chi connectivity index (χ1v) is 11.4. The second kappa shape index (κ2) is 11.9. The fourth-order valence-electron chi connectivity index (χ4n) is 4.66. The van der Waals surface area contributed by atoms with E-state index < -0.39 is 11.8 Å². The van der Waals surface area contributed by atoms with E-state index in [2.05, 4.69) is 14.9 Å². The van der Waals surface area contributed by atoms with E-state index in [0.717, 1.165) is 63.8 Å². The molecule has 0 amide bonds. The van der Waals surface area contributed by atoms with Crippen molar-refractivity contribution < 1.29 is 18.7 Å². The van der Waals surface area contributed by atoms with Crippen molar-refractivity contribution in [2.75, 3.05) is 31.2 Å². The molecule has 0 saturated carbocycles. The van der Waals surface area contributed by atoms with Gasteiger partial charge in [-0.15, -0.1) is 0 Å². The number of anilines is 1. The summed E-state index contributed by atoms with van der Waals surface area (Å²) < 4.78 is 25.5. The van der Waals surface area contributed by atoms with E-state index >= 15 is 4.39 Å². The number of amidine groups is 1. The molecule has 1 aromatic heterocycles. The van der Waals surface area contributed by atoms with Crippen LogP contribution in [0.15, 0.2) is 30.6 Å². The number of rotatable bonds is 7. The minimum Gasteiger partial charge on any atom is -0.460 e. The third-order valence-corrected chi connectivity index (χ3v) is 6.51. The third-order valence-electron chi connectivity index (χ3n) is 6.51. The van der Waals surface area contributed by atoms with Gasteiger partial charge in [-0.3, -0.25) is 10.2 Å². The largest absolute Gasteiger partial charge is 0.460 e. The lowest BCUT2D eigenvalue weighted by Gasteiger charge is -2.37. The van der Waals surface area contributed by atoms with Crippen LogP contribution in [-0.4, -0.2) is 48.1 Å². The quantitative estimate of drug-likeness (QED) is 0.357. The van der Waals surface area contributed by atoms with Crippen LogP contribution in [0.25, 0.3) is 11.1 Å². The predicted molar refractivity (Wildman–Crippen MR) is 129 cm³/mol. The number of hydrogen-bond acceptors (Lipinski definition) is 7. The Bertz CT molecular complexity index is 971. The van der Waals surface area contributed by atoms with Crippen molar-refractivity contribution in [2.24, 2.45) is 17.6 Å². The van der Waals surface area contributed by atoms with Crippen molar-refractivity contribution in [1.82, 2.24) is 9.97 Å². The van der Waals surface area contributed by atoms with Gasteiger partial charge in [0, 0.05) is 55.4 Å². The molecule has 34 heavy (non-hydrogen) atoms. The van der Waals surface area contributed by atoms with Crippen molar-refractivity contribution in [3.05, 3.63) is 42.0 Å². The highest BCUT2D eigenvalue weighted by atomic mass is 19.1. The third kappa shape index (κ3) is 6.28. The number of piperidine rings is 1. The number of halogens is 1. The molecule has 3 N–H and O–H groups in total. The van der Waals surface area contributed by atoms with Gasteiger partial charge in [0.1, 0.15) is 24.7 Å². The Balaban J connectivity index is 0.00000324. The van der Waals surface area contributed by atoms with Crippen molar-refractivity contribution in [1.29, 1.82) is 5.41 Å². The van der Waals surface area contributed by atoms with Crippen LogP contribution in [0.3, 0.4) is 0 Å². The van der Waals surface area contributed by atoms with Gasteiger partial charge in [-0.1, -0.05) is 25.6 Å². The Labute approximate surface area is 200 Å². The molecule has 0 bridgehead atoms. The standard InChI is InChI=1S/C24H30FN5O3.CH4/c25-23-18(15-33-22(31)12-21(26)27)2-1-3-20(23)19-13-28-24(29-14-19)30-8-4-16(5-9-30)17-6-10-32-11-7-17;/h1-3,13-14,16-17H,4-12,15H2,(H3,26,27);1H4. The molecule has 1 aromatic carbocycles. The van der Waals surface area contributed by atoms with Crippen LogP contribution in [0, 0.1) is 23.1 Å². The Morgan fingerprint density at radius 1 is 1.15 bits per heavy atom. The van der Waals surface area contributed by atoms with Crippen LogP contribution in [0.5, 0.6) is 0 Å². The van der Waals surface area contributed by atoms with Gasteiger partial charge in [-0.05, 0) is 37.5 Å². The summed E-state index contributed by atoms with van der Waals surface area (Å²) in [5.74, 6) is 0.729. The molecule has 0 spiro atoms.